The average molecular weight is 456 g/mol. The molecule has 3 aromatic carbocycles. The number of halogens is 1. The summed E-state index contributed by atoms with van der Waals surface area (Å²) in [6.45, 7) is 2.30. The second kappa shape index (κ2) is 8.90. The minimum absolute atomic E-state index is 0.0547. The van der Waals surface area contributed by atoms with Crippen LogP contribution in [0.25, 0.3) is 22.2 Å². The molecule has 7 nitrogen and oxygen atoms in total. The van der Waals surface area contributed by atoms with Crippen LogP contribution in [-0.4, -0.2) is 46.9 Å². The van der Waals surface area contributed by atoms with Crippen LogP contribution in [0.5, 0.6) is 0 Å². The number of non-ortho nitro benzene ring substituents is 1. The second-order valence-corrected chi connectivity index (χ2v) is 8.13. The van der Waals surface area contributed by atoms with Crippen molar-refractivity contribution in [3.63, 3.8) is 0 Å². The second-order valence-electron chi connectivity index (χ2n) is 8.13. The highest BCUT2D eigenvalue weighted by Crippen LogP contribution is 2.27. The number of amides is 1. The summed E-state index contributed by atoms with van der Waals surface area (Å²) >= 11 is 0. The number of carbonyl (C=O) groups excluding carboxylic acids is 1. The quantitative estimate of drug-likeness (QED) is 0.322. The third kappa shape index (κ3) is 4.17. The molecule has 0 unspecified atom stereocenters. The zero-order valence-electron chi connectivity index (χ0n) is 18.2. The van der Waals surface area contributed by atoms with Crippen LogP contribution in [0, 0.1) is 15.9 Å². The SMILES string of the molecule is O=C(c1cc(-c2ccc(F)cc2)nc2ccccc12)N1CCN(c2ccc([N+](=O)[O-])cc2)CC1. The molecular formula is C26H21FN4O3. The lowest BCUT2D eigenvalue weighted by molar-refractivity contribution is -0.384. The number of anilines is 1. The van der Waals surface area contributed by atoms with E-state index in [9.17, 15) is 19.3 Å². The van der Waals surface area contributed by atoms with Crippen molar-refractivity contribution in [2.75, 3.05) is 31.1 Å². The number of hydrogen-bond acceptors (Lipinski definition) is 5. The molecule has 0 aliphatic carbocycles. The van der Waals surface area contributed by atoms with Gasteiger partial charge >= 0.3 is 0 Å². The molecule has 170 valence electrons. The first-order valence-corrected chi connectivity index (χ1v) is 10.9. The summed E-state index contributed by atoms with van der Waals surface area (Å²) in [4.78, 5) is 32.6. The lowest BCUT2D eigenvalue weighted by Crippen LogP contribution is -2.48. The molecule has 1 aliphatic heterocycles. The van der Waals surface area contributed by atoms with Gasteiger partial charge in [-0.3, -0.25) is 14.9 Å². The van der Waals surface area contributed by atoms with Gasteiger partial charge in [0.1, 0.15) is 5.82 Å². The van der Waals surface area contributed by atoms with Gasteiger partial charge < -0.3 is 9.80 Å². The van der Waals surface area contributed by atoms with Crippen LogP contribution in [0.1, 0.15) is 10.4 Å². The third-order valence-corrected chi connectivity index (χ3v) is 6.08. The lowest BCUT2D eigenvalue weighted by Gasteiger charge is -2.36. The molecule has 1 aliphatic rings. The number of para-hydroxylation sites is 1. The van der Waals surface area contributed by atoms with Gasteiger partial charge in [0, 0.05) is 54.9 Å². The van der Waals surface area contributed by atoms with Gasteiger partial charge in [-0.15, -0.1) is 0 Å². The Morgan fingerprint density at radius 2 is 1.59 bits per heavy atom. The van der Waals surface area contributed by atoms with Crippen molar-refractivity contribution in [3.8, 4) is 11.3 Å². The standard InChI is InChI=1S/C26H21FN4O3/c27-19-7-5-18(6-8-19)25-17-23(22-3-1-2-4-24(22)28-25)26(32)30-15-13-29(14-16-30)20-9-11-21(12-10-20)31(33)34/h1-12,17H,13-16H2. The molecule has 5 rings (SSSR count). The lowest BCUT2D eigenvalue weighted by atomic mass is 10.0. The van der Waals surface area contributed by atoms with Gasteiger partial charge in [-0.1, -0.05) is 18.2 Å². The van der Waals surface area contributed by atoms with E-state index in [0.29, 0.717) is 43.0 Å². The van der Waals surface area contributed by atoms with Crippen molar-refractivity contribution >= 4 is 28.2 Å². The number of piperazine rings is 1. The van der Waals surface area contributed by atoms with Gasteiger partial charge in [0.2, 0.25) is 0 Å². The largest absolute Gasteiger partial charge is 0.368 e. The fraction of sp³-hybridized carbons (Fsp3) is 0.154. The van der Waals surface area contributed by atoms with Gasteiger partial charge in [0.05, 0.1) is 21.7 Å². The molecule has 4 aromatic rings. The van der Waals surface area contributed by atoms with E-state index in [1.807, 2.05) is 29.2 Å². The Balaban J connectivity index is 1.39. The number of nitrogens with zero attached hydrogens (tertiary/aromatic N) is 4. The van der Waals surface area contributed by atoms with Crippen LogP contribution in [0.4, 0.5) is 15.8 Å². The number of aromatic nitrogens is 1. The molecular weight excluding hydrogens is 435 g/mol. The topological polar surface area (TPSA) is 79.6 Å². The molecule has 0 spiro atoms. The van der Waals surface area contributed by atoms with Gasteiger partial charge in [0.25, 0.3) is 11.6 Å². The highest BCUT2D eigenvalue weighted by Gasteiger charge is 2.25. The number of fused-ring (bicyclic) bond motifs is 1. The van der Waals surface area contributed by atoms with Crippen molar-refractivity contribution < 1.29 is 14.1 Å². The van der Waals surface area contributed by atoms with Crippen molar-refractivity contribution in [2.45, 2.75) is 0 Å². The number of pyridine rings is 1. The minimum atomic E-state index is -0.417. The van der Waals surface area contributed by atoms with Crippen molar-refractivity contribution in [1.82, 2.24) is 9.88 Å². The van der Waals surface area contributed by atoms with Gasteiger partial charge in [-0.25, -0.2) is 9.37 Å². The normalized spacial score (nSPS) is 13.8. The Morgan fingerprint density at radius 1 is 0.912 bits per heavy atom. The molecule has 0 N–H and O–H groups in total. The minimum Gasteiger partial charge on any atom is -0.368 e. The number of carbonyl (C=O) groups is 1. The molecule has 1 saturated heterocycles. The maximum absolute atomic E-state index is 13.6. The number of nitro benzene ring substituents is 1. The first-order valence-electron chi connectivity index (χ1n) is 10.9. The van der Waals surface area contributed by atoms with E-state index in [2.05, 4.69) is 9.88 Å². The predicted molar refractivity (Wildman–Crippen MR) is 128 cm³/mol. The molecule has 1 amide bonds. The summed E-state index contributed by atoms with van der Waals surface area (Å²) in [7, 11) is 0. The Morgan fingerprint density at radius 3 is 2.26 bits per heavy atom. The first-order chi connectivity index (χ1) is 16.5. The Hall–Kier alpha value is -4.33. The van der Waals surface area contributed by atoms with Gasteiger partial charge in [-0.05, 0) is 48.5 Å². The van der Waals surface area contributed by atoms with Crippen LogP contribution in [0.2, 0.25) is 0 Å². The number of rotatable bonds is 4. The third-order valence-electron chi connectivity index (χ3n) is 6.08. The van der Waals surface area contributed by atoms with E-state index in [1.54, 1.807) is 30.3 Å². The Bertz CT molecular complexity index is 1370. The van der Waals surface area contributed by atoms with Crippen LogP contribution < -0.4 is 4.90 Å². The fourth-order valence-corrected chi connectivity index (χ4v) is 4.24. The molecule has 1 fully saturated rings. The van der Waals surface area contributed by atoms with Crippen molar-refractivity contribution in [3.05, 3.63) is 100 Å². The van der Waals surface area contributed by atoms with Crippen LogP contribution in [0.3, 0.4) is 0 Å². The Labute approximate surface area is 195 Å². The fourth-order valence-electron chi connectivity index (χ4n) is 4.24. The number of hydrogen-bond donors (Lipinski definition) is 0. The zero-order chi connectivity index (χ0) is 23.7. The van der Waals surface area contributed by atoms with Gasteiger partial charge in [-0.2, -0.15) is 0 Å². The monoisotopic (exact) mass is 456 g/mol. The highest BCUT2D eigenvalue weighted by atomic mass is 19.1. The maximum atomic E-state index is 13.6. The van der Waals surface area contributed by atoms with E-state index in [1.165, 1.54) is 24.3 Å². The van der Waals surface area contributed by atoms with E-state index in [4.69, 9.17) is 0 Å². The zero-order valence-corrected chi connectivity index (χ0v) is 18.2. The van der Waals surface area contributed by atoms with Crippen molar-refractivity contribution in [1.29, 1.82) is 0 Å². The predicted octanol–water partition coefficient (Wildman–Crippen LogP) is 4.91. The summed E-state index contributed by atoms with van der Waals surface area (Å²) in [6.07, 6.45) is 0. The molecule has 8 heteroatoms. The van der Waals surface area contributed by atoms with Crippen LogP contribution in [0.15, 0.2) is 78.9 Å². The number of benzene rings is 3. The molecule has 0 radical (unpaired) electrons. The molecule has 2 heterocycles. The molecule has 0 atom stereocenters. The summed E-state index contributed by atoms with van der Waals surface area (Å²) in [6, 6.07) is 21.8. The molecule has 1 aromatic heterocycles. The average Bonchev–Trinajstić information content (AvgIpc) is 2.88. The van der Waals surface area contributed by atoms with Crippen LogP contribution >= 0.6 is 0 Å². The Kier molecular flexibility index (Phi) is 5.63. The van der Waals surface area contributed by atoms with Crippen molar-refractivity contribution in [2.24, 2.45) is 0 Å². The highest BCUT2D eigenvalue weighted by molar-refractivity contribution is 6.07. The summed E-state index contributed by atoms with van der Waals surface area (Å²) < 4.78 is 13.4. The first kappa shape index (κ1) is 21.5. The van der Waals surface area contributed by atoms with E-state index in [0.717, 1.165) is 16.6 Å². The number of nitro groups is 1. The van der Waals surface area contributed by atoms with E-state index >= 15 is 0 Å². The molecule has 0 bridgehead atoms. The van der Waals surface area contributed by atoms with Gasteiger partial charge in [0.15, 0.2) is 0 Å². The molecule has 34 heavy (non-hydrogen) atoms. The summed E-state index contributed by atoms with van der Waals surface area (Å²) in [5.74, 6) is -0.406. The maximum Gasteiger partial charge on any atom is 0.269 e. The molecule has 0 saturated carbocycles. The van der Waals surface area contributed by atoms with E-state index < -0.39 is 4.92 Å². The smallest absolute Gasteiger partial charge is 0.269 e. The van der Waals surface area contributed by atoms with E-state index in [-0.39, 0.29) is 17.4 Å². The summed E-state index contributed by atoms with van der Waals surface area (Å²) in [5, 5.41) is 11.7. The summed E-state index contributed by atoms with van der Waals surface area (Å²) in [5.41, 5.74) is 3.58. The van der Waals surface area contributed by atoms with Crippen LogP contribution in [-0.2, 0) is 0 Å².